The van der Waals surface area contributed by atoms with Crippen LogP contribution < -0.4 is 5.32 Å². The Balaban J connectivity index is 1.80. The second-order valence-electron chi connectivity index (χ2n) is 6.57. The van der Waals surface area contributed by atoms with Crippen molar-refractivity contribution in [1.82, 2.24) is 20.2 Å². The first-order valence-corrected chi connectivity index (χ1v) is 8.88. The van der Waals surface area contributed by atoms with E-state index in [1.807, 2.05) is 31.2 Å². The standard InChI is InChI=1S/C21H14F2N6/c1-11-9-16(25-10-24-11)19-20-18(28-29-19)12-5-2-3-8-15(12)26-21(27-20)17-13(22)6-4-7-14(17)23/h2-10H,1H3,(H,26,27)(H,28,29). The van der Waals surface area contributed by atoms with E-state index in [9.17, 15) is 8.78 Å². The Morgan fingerprint density at radius 2 is 1.72 bits per heavy atom. The van der Waals surface area contributed by atoms with E-state index in [0.29, 0.717) is 28.5 Å². The monoisotopic (exact) mass is 388 g/mol. The molecule has 4 aromatic rings. The van der Waals surface area contributed by atoms with Crippen molar-refractivity contribution in [3.05, 3.63) is 77.8 Å². The number of anilines is 1. The fraction of sp³-hybridized carbons (Fsp3) is 0.0476. The number of amidine groups is 1. The van der Waals surface area contributed by atoms with Gasteiger partial charge in [0, 0.05) is 16.9 Å². The number of para-hydroxylation sites is 1. The van der Waals surface area contributed by atoms with E-state index in [0.717, 1.165) is 11.3 Å². The summed E-state index contributed by atoms with van der Waals surface area (Å²) in [6.07, 6.45) is 1.45. The Bertz CT molecular complexity index is 1260. The van der Waals surface area contributed by atoms with Crippen LogP contribution in [-0.2, 0) is 0 Å². The summed E-state index contributed by atoms with van der Waals surface area (Å²) in [6.45, 7) is 1.85. The molecule has 29 heavy (non-hydrogen) atoms. The summed E-state index contributed by atoms with van der Waals surface area (Å²) in [7, 11) is 0. The topological polar surface area (TPSA) is 78.9 Å². The molecule has 1 aliphatic rings. The van der Waals surface area contributed by atoms with Crippen LogP contribution >= 0.6 is 0 Å². The van der Waals surface area contributed by atoms with Crippen LogP contribution in [0.2, 0.25) is 0 Å². The molecule has 0 bridgehead atoms. The fourth-order valence-corrected chi connectivity index (χ4v) is 3.31. The summed E-state index contributed by atoms with van der Waals surface area (Å²) in [4.78, 5) is 13.0. The van der Waals surface area contributed by atoms with Crippen LogP contribution in [0.25, 0.3) is 22.6 Å². The van der Waals surface area contributed by atoms with Crippen LogP contribution in [0.5, 0.6) is 0 Å². The van der Waals surface area contributed by atoms with Gasteiger partial charge in [0.25, 0.3) is 0 Å². The molecule has 0 saturated heterocycles. The van der Waals surface area contributed by atoms with Crippen LogP contribution in [0.15, 0.2) is 59.9 Å². The minimum absolute atomic E-state index is 0.0558. The lowest BCUT2D eigenvalue weighted by atomic mass is 10.1. The van der Waals surface area contributed by atoms with Crippen molar-refractivity contribution >= 4 is 17.2 Å². The average molecular weight is 388 g/mol. The minimum atomic E-state index is -0.708. The zero-order valence-electron chi connectivity index (χ0n) is 15.2. The molecule has 0 aliphatic carbocycles. The van der Waals surface area contributed by atoms with Gasteiger partial charge >= 0.3 is 0 Å². The van der Waals surface area contributed by atoms with Crippen LogP contribution in [0, 0.1) is 18.6 Å². The molecule has 2 aromatic heterocycles. The molecule has 3 heterocycles. The van der Waals surface area contributed by atoms with Gasteiger partial charge in [-0.1, -0.05) is 24.3 Å². The molecule has 0 fully saturated rings. The molecule has 8 heteroatoms. The van der Waals surface area contributed by atoms with Gasteiger partial charge in [0.2, 0.25) is 0 Å². The maximum atomic E-state index is 14.5. The molecule has 0 spiro atoms. The molecule has 0 radical (unpaired) electrons. The molecule has 142 valence electrons. The van der Waals surface area contributed by atoms with Crippen molar-refractivity contribution in [1.29, 1.82) is 0 Å². The maximum absolute atomic E-state index is 14.5. The van der Waals surface area contributed by atoms with Crippen LogP contribution in [0.3, 0.4) is 0 Å². The number of rotatable bonds is 2. The maximum Gasteiger partial charge on any atom is 0.144 e. The smallest absolute Gasteiger partial charge is 0.144 e. The number of benzene rings is 2. The summed E-state index contributed by atoms with van der Waals surface area (Å²) in [5.74, 6) is -1.36. The summed E-state index contributed by atoms with van der Waals surface area (Å²) >= 11 is 0. The lowest BCUT2D eigenvalue weighted by Gasteiger charge is -2.11. The van der Waals surface area contributed by atoms with Crippen molar-refractivity contribution in [2.24, 2.45) is 4.99 Å². The molecule has 5 rings (SSSR count). The predicted octanol–water partition coefficient (Wildman–Crippen LogP) is 4.62. The average Bonchev–Trinajstić information content (AvgIpc) is 3.04. The van der Waals surface area contributed by atoms with Gasteiger partial charge in [-0.15, -0.1) is 0 Å². The van der Waals surface area contributed by atoms with E-state index in [2.05, 4.69) is 30.5 Å². The zero-order valence-corrected chi connectivity index (χ0v) is 15.2. The Morgan fingerprint density at radius 1 is 0.931 bits per heavy atom. The quantitative estimate of drug-likeness (QED) is 0.525. The summed E-state index contributed by atoms with van der Waals surface area (Å²) in [5, 5.41) is 10.4. The Hall–Kier alpha value is -3.94. The molecule has 0 atom stereocenters. The number of aromatic amines is 1. The first-order chi connectivity index (χ1) is 14.1. The van der Waals surface area contributed by atoms with Crippen LogP contribution in [0.4, 0.5) is 20.2 Å². The highest BCUT2D eigenvalue weighted by molar-refractivity contribution is 6.14. The summed E-state index contributed by atoms with van der Waals surface area (Å²) in [5.41, 5.74) is 4.07. The third-order valence-electron chi connectivity index (χ3n) is 4.66. The Morgan fingerprint density at radius 3 is 2.52 bits per heavy atom. The van der Waals surface area contributed by atoms with Gasteiger partial charge in [-0.25, -0.2) is 23.7 Å². The molecule has 0 amide bonds. The van der Waals surface area contributed by atoms with E-state index in [1.54, 1.807) is 6.07 Å². The van der Waals surface area contributed by atoms with E-state index in [4.69, 9.17) is 0 Å². The van der Waals surface area contributed by atoms with Crippen molar-refractivity contribution in [2.45, 2.75) is 6.92 Å². The fourth-order valence-electron chi connectivity index (χ4n) is 3.31. The highest BCUT2D eigenvalue weighted by atomic mass is 19.1. The van der Waals surface area contributed by atoms with Crippen molar-refractivity contribution in [3.8, 4) is 22.6 Å². The van der Waals surface area contributed by atoms with Gasteiger partial charge in [0.05, 0.1) is 11.3 Å². The number of aliphatic imine (C=N–C) groups is 1. The summed E-state index contributed by atoms with van der Waals surface area (Å²) in [6, 6.07) is 12.9. The van der Waals surface area contributed by atoms with Crippen LogP contribution in [-0.4, -0.2) is 26.0 Å². The highest BCUT2D eigenvalue weighted by Crippen LogP contribution is 2.42. The largest absolute Gasteiger partial charge is 0.339 e. The van der Waals surface area contributed by atoms with Gasteiger partial charge in [0.1, 0.15) is 40.9 Å². The first kappa shape index (κ1) is 17.2. The Labute approximate surface area is 164 Å². The number of aromatic nitrogens is 4. The third-order valence-corrected chi connectivity index (χ3v) is 4.66. The molecule has 2 aromatic carbocycles. The highest BCUT2D eigenvalue weighted by Gasteiger charge is 2.26. The Kier molecular flexibility index (Phi) is 3.90. The molecule has 0 saturated carbocycles. The van der Waals surface area contributed by atoms with Gasteiger partial charge in [-0.2, -0.15) is 5.10 Å². The van der Waals surface area contributed by atoms with Gasteiger partial charge in [0.15, 0.2) is 0 Å². The zero-order chi connectivity index (χ0) is 20.0. The van der Waals surface area contributed by atoms with Crippen molar-refractivity contribution in [2.75, 3.05) is 5.32 Å². The molecular weight excluding hydrogens is 374 g/mol. The van der Waals surface area contributed by atoms with Gasteiger partial charge in [-0.05, 0) is 31.2 Å². The lowest BCUT2D eigenvalue weighted by molar-refractivity contribution is 0.579. The molecule has 2 N–H and O–H groups in total. The minimum Gasteiger partial charge on any atom is -0.339 e. The number of hydrogen-bond donors (Lipinski definition) is 2. The number of fused-ring (bicyclic) bond motifs is 3. The number of halogens is 2. The van der Waals surface area contributed by atoms with Gasteiger partial charge in [-0.3, -0.25) is 5.10 Å². The van der Waals surface area contributed by atoms with E-state index < -0.39 is 11.6 Å². The number of hydrogen-bond acceptors (Lipinski definition) is 5. The van der Waals surface area contributed by atoms with Crippen LogP contribution in [0.1, 0.15) is 11.3 Å². The van der Waals surface area contributed by atoms with E-state index >= 15 is 0 Å². The molecular formula is C21H14F2N6. The van der Waals surface area contributed by atoms with E-state index in [-0.39, 0.29) is 11.4 Å². The number of nitrogens with zero attached hydrogens (tertiary/aromatic N) is 4. The third kappa shape index (κ3) is 2.85. The number of aryl methyl sites for hydroxylation is 1. The molecule has 1 aliphatic heterocycles. The van der Waals surface area contributed by atoms with Gasteiger partial charge < -0.3 is 5.32 Å². The summed E-state index contributed by atoms with van der Waals surface area (Å²) < 4.78 is 29.0. The first-order valence-electron chi connectivity index (χ1n) is 8.88. The second kappa shape index (κ2) is 6.59. The normalized spacial score (nSPS) is 12.4. The molecule has 0 unspecified atom stereocenters. The number of nitrogens with one attached hydrogen (secondary N) is 2. The van der Waals surface area contributed by atoms with E-state index in [1.165, 1.54) is 24.5 Å². The lowest BCUT2D eigenvalue weighted by Crippen LogP contribution is -2.17. The predicted molar refractivity (Wildman–Crippen MR) is 106 cm³/mol. The molecule has 6 nitrogen and oxygen atoms in total. The SMILES string of the molecule is Cc1cc(-c2[nH]nc3c2N=C(c2c(F)cccc2F)Nc2ccccc2-3)ncn1. The van der Waals surface area contributed by atoms with Crippen molar-refractivity contribution < 1.29 is 8.78 Å². The second-order valence-corrected chi connectivity index (χ2v) is 6.57. The van der Waals surface area contributed by atoms with Crippen molar-refractivity contribution in [3.63, 3.8) is 0 Å². The number of H-pyrrole nitrogens is 1.